The highest BCUT2D eigenvalue weighted by Gasteiger charge is 2.32. The van der Waals surface area contributed by atoms with Gasteiger partial charge in [0.2, 0.25) is 5.91 Å². The Hall–Kier alpha value is -3.57. The molecule has 0 spiro atoms. The maximum Gasteiger partial charge on any atom is 0.238 e. The fourth-order valence-electron chi connectivity index (χ4n) is 4.77. The third-order valence-corrected chi connectivity index (χ3v) is 6.25. The fraction of sp³-hybridized carbons (Fsp3) is 0.192. The van der Waals surface area contributed by atoms with Crippen LogP contribution in [0.25, 0.3) is 0 Å². The summed E-state index contributed by atoms with van der Waals surface area (Å²) in [7, 11) is 1.94. The Morgan fingerprint density at radius 3 is 2.39 bits per heavy atom. The number of carbonyl (C=O) groups excluding carboxylic acids is 3. The lowest BCUT2D eigenvalue weighted by Gasteiger charge is -2.25. The summed E-state index contributed by atoms with van der Waals surface area (Å²) < 4.78 is 0. The van der Waals surface area contributed by atoms with Gasteiger partial charge in [-0.05, 0) is 37.1 Å². The van der Waals surface area contributed by atoms with Crippen LogP contribution in [0.15, 0.2) is 66.7 Å². The van der Waals surface area contributed by atoms with Crippen molar-refractivity contribution in [2.75, 3.05) is 18.9 Å². The number of ketones is 2. The fourth-order valence-corrected chi connectivity index (χ4v) is 4.77. The summed E-state index contributed by atoms with van der Waals surface area (Å²) in [5.74, 6) is -0.639. The van der Waals surface area contributed by atoms with Crippen molar-refractivity contribution in [3.8, 4) is 0 Å². The van der Waals surface area contributed by atoms with Crippen molar-refractivity contribution in [1.82, 2.24) is 4.90 Å². The number of amides is 1. The molecule has 154 valence electrons. The van der Waals surface area contributed by atoms with Crippen molar-refractivity contribution in [3.63, 3.8) is 0 Å². The molecule has 3 aromatic carbocycles. The number of nitrogens with zero attached hydrogens (tertiary/aromatic N) is 1. The second-order valence-electron chi connectivity index (χ2n) is 8.15. The zero-order valence-electron chi connectivity index (χ0n) is 17.2. The van der Waals surface area contributed by atoms with E-state index in [1.54, 1.807) is 42.5 Å². The van der Waals surface area contributed by atoms with Gasteiger partial charge in [0.25, 0.3) is 0 Å². The number of hydrogen-bond acceptors (Lipinski definition) is 4. The van der Waals surface area contributed by atoms with E-state index in [0.717, 1.165) is 12.8 Å². The van der Waals surface area contributed by atoms with Crippen LogP contribution in [0.3, 0.4) is 0 Å². The van der Waals surface area contributed by atoms with Crippen molar-refractivity contribution in [3.05, 3.63) is 100 Å². The predicted molar refractivity (Wildman–Crippen MR) is 119 cm³/mol. The SMILES string of the molecule is CN(CC(=O)Nc1cccc2c1C(=O)c1ccccc1C2=O)[C@@H]1CCc2ccccc21. The Kier molecular flexibility index (Phi) is 4.75. The van der Waals surface area contributed by atoms with Crippen LogP contribution in [0.5, 0.6) is 0 Å². The van der Waals surface area contributed by atoms with Gasteiger partial charge in [-0.25, -0.2) is 0 Å². The van der Waals surface area contributed by atoms with E-state index in [0.29, 0.717) is 22.4 Å². The molecule has 5 rings (SSSR count). The zero-order valence-corrected chi connectivity index (χ0v) is 17.2. The van der Waals surface area contributed by atoms with Crippen LogP contribution in [0, 0.1) is 0 Å². The smallest absolute Gasteiger partial charge is 0.238 e. The maximum absolute atomic E-state index is 13.1. The third kappa shape index (κ3) is 3.27. The van der Waals surface area contributed by atoms with Crippen molar-refractivity contribution in [2.24, 2.45) is 0 Å². The number of benzene rings is 3. The summed E-state index contributed by atoms with van der Waals surface area (Å²) in [5.41, 5.74) is 4.37. The number of nitrogens with one attached hydrogen (secondary N) is 1. The van der Waals surface area contributed by atoms with Crippen molar-refractivity contribution in [1.29, 1.82) is 0 Å². The van der Waals surface area contributed by atoms with E-state index in [1.165, 1.54) is 11.1 Å². The van der Waals surface area contributed by atoms with Crippen LogP contribution in [-0.2, 0) is 11.2 Å². The zero-order chi connectivity index (χ0) is 21.5. The standard InChI is InChI=1S/C26H22N2O3/c1-28(22-14-13-16-7-2-3-8-17(16)22)15-23(29)27-21-12-6-11-20-24(21)26(31)19-10-5-4-9-18(19)25(20)30/h2-12,22H,13-15H2,1H3,(H,27,29)/t22-/m1/s1. The van der Waals surface area contributed by atoms with Crippen LogP contribution in [0.4, 0.5) is 5.69 Å². The van der Waals surface area contributed by atoms with Gasteiger partial charge in [0.15, 0.2) is 11.6 Å². The first-order valence-corrected chi connectivity index (χ1v) is 10.4. The molecule has 1 amide bonds. The maximum atomic E-state index is 13.1. The summed E-state index contributed by atoms with van der Waals surface area (Å²) in [4.78, 5) is 40.9. The molecule has 0 fully saturated rings. The molecule has 5 heteroatoms. The van der Waals surface area contributed by atoms with E-state index in [1.807, 2.05) is 24.1 Å². The van der Waals surface area contributed by atoms with E-state index in [4.69, 9.17) is 0 Å². The Morgan fingerprint density at radius 2 is 1.58 bits per heavy atom. The number of hydrogen-bond donors (Lipinski definition) is 1. The van der Waals surface area contributed by atoms with Gasteiger partial charge in [0.05, 0.1) is 17.8 Å². The molecule has 5 nitrogen and oxygen atoms in total. The highest BCUT2D eigenvalue weighted by Crippen LogP contribution is 2.35. The normalized spacial score (nSPS) is 16.6. The van der Waals surface area contributed by atoms with Gasteiger partial charge in [0.1, 0.15) is 0 Å². The number of fused-ring (bicyclic) bond motifs is 3. The van der Waals surface area contributed by atoms with Crippen LogP contribution < -0.4 is 5.32 Å². The number of likely N-dealkylation sites (N-methyl/N-ethyl adjacent to an activating group) is 1. The Balaban J connectivity index is 1.37. The van der Waals surface area contributed by atoms with E-state index in [-0.39, 0.29) is 35.6 Å². The molecule has 31 heavy (non-hydrogen) atoms. The molecule has 1 atom stereocenters. The molecule has 0 aromatic heterocycles. The van der Waals surface area contributed by atoms with Crippen LogP contribution in [0.1, 0.15) is 55.4 Å². The van der Waals surface area contributed by atoms with E-state index < -0.39 is 0 Å². The summed E-state index contributed by atoms with van der Waals surface area (Å²) in [6.45, 7) is 0.196. The van der Waals surface area contributed by atoms with E-state index in [2.05, 4.69) is 17.4 Å². The molecule has 0 radical (unpaired) electrons. The monoisotopic (exact) mass is 410 g/mol. The quantitative estimate of drug-likeness (QED) is 0.552. The molecule has 0 bridgehead atoms. The highest BCUT2D eigenvalue weighted by molar-refractivity contribution is 6.30. The molecule has 0 heterocycles. The molecule has 2 aliphatic carbocycles. The average Bonchev–Trinajstić information content (AvgIpc) is 3.22. The minimum Gasteiger partial charge on any atom is -0.324 e. The molecule has 2 aliphatic rings. The van der Waals surface area contributed by atoms with E-state index >= 15 is 0 Å². The van der Waals surface area contributed by atoms with Crippen LogP contribution >= 0.6 is 0 Å². The minimum atomic E-state index is -0.237. The molecular formula is C26H22N2O3. The number of aryl methyl sites for hydroxylation is 1. The highest BCUT2D eigenvalue weighted by atomic mass is 16.2. The first-order chi connectivity index (χ1) is 15.0. The van der Waals surface area contributed by atoms with E-state index in [9.17, 15) is 14.4 Å². The van der Waals surface area contributed by atoms with Crippen molar-refractivity contribution < 1.29 is 14.4 Å². The molecule has 0 saturated carbocycles. The minimum absolute atomic E-state index is 0.194. The van der Waals surface area contributed by atoms with Gasteiger partial charge in [-0.1, -0.05) is 60.7 Å². The van der Waals surface area contributed by atoms with Gasteiger partial charge >= 0.3 is 0 Å². The second-order valence-corrected chi connectivity index (χ2v) is 8.15. The molecule has 3 aromatic rings. The van der Waals surface area contributed by atoms with Gasteiger partial charge in [-0.2, -0.15) is 0 Å². The lowest BCUT2D eigenvalue weighted by Crippen LogP contribution is -2.33. The van der Waals surface area contributed by atoms with Gasteiger partial charge in [0, 0.05) is 22.7 Å². The summed E-state index contributed by atoms with van der Waals surface area (Å²) >= 11 is 0. The molecular weight excluding hydrogens is 388 g/mol. The Labute approximate surface area is 180 Å². The average molecular weight is 410 g/mol. The second kappa shape index (κ2) is 7.60. The number of anilines is 1. The lowest BCUT2D eigenvalue weighted by molar-refractivity contribution is -0.117. The predicted octanol–water partition coefficient (Wildman–Crippen LogP) is 4.02. The van der Waals surface area contributed by atoms with Crippen molar-refractivity contribution >= 4 is 23.2 Å². The molecule has 1 N–H and O–H groups in total. The molecule has 0 unspecified atom stereocenters. The number of rotatable bonds is 4. The number of carbonyl (C=O) groups is 3. The van der Waals surface area contributed by atoms with Gasteiger partial charge < -0.3 is 5.32 Å². The van der Waals surface area contributed by atoms with Gasteiger partial charge in [-0.15, -0.1) is 0 Å². The van der Waals surface area contributed by atoms with Crippen molar-refractivity contribution in [2.45, 2.75) is 18.9 Å². The Bertz CT molecular complexity index is 1230. The largest absolute Gasteiger partial charge is 0.324 e. The Morgan fingerprint density at radius 1 is 0.903 bits per heavy atom. The van der Waals surface area contributed by atoms with Crippen LogP contribution in [0.2, 0.25) is 0 Å². The third-order valence-electron chi connectivity index (χ3n) is 6.25. The summed E-state index contributed by atoms with van der Waals surface area (Å²) in [6.07, 6.45) is 1.99. The van der Waals surface area contributed by atoms with Gasteiger partial charge in [-0.3, -0.25) is 19.3 Å². The lowest BCUT2D eigenvalue weighted by atomic mass is 9.83. The molecule has 0 aliphatic heterocycles. The molecule has 0 saturated heterocycles. The first kappa shape index (κ1) is 19.4. The summed E-state index contributed by atoms with van der Waals surface area (Å²) in [5, 5.41) is 2.88. The first-order valence-electron chi connectivity index (χ1n) is 10.4. The topological polar surface area (TPSA) is 66.5 Å². The summed E-state index contributed by atoms with van der Waals surface area (Å²) in [6, 6.07) is 20.4. The van der Waals surface area contributed by atoms with Crippen LogP contribution in [-0.4, -0.2) is 36.0 Å².